The number of ketones is 1. The van der Waals surface area contributed by atoms with E-state index in [2.05, 4.69) is 22.8 Å². The number of benzene rings is 2. The highest BCUT2D eigenvalue weighted by Crippen LogP contribution is 2.14. The summed E-state index contributed by atoms with van der Waals surface area (Å²) in [6.07, 6.45) is -0.416. The van der Waals surface area contributed by atoms with Crippen LogP contribution >= 0.6 is 0 Å². The highest BCUT2D eigenvalue weighted by Gasteiger charge is 2.23. The van der Waals surface area contributed by atoms with Gasteiger partial charge in [0.2, 0.25) is 0 Å². The first kappa shape index (κ1) is 26.8. The number of hydrogen-bond acceptors (Lipinski definition) is 8. The largest absolute Gasteiger partial charge is 0.484 e. The summed E-state index contributed by atoms with van der Waals surface area (Å²) in [7, 11) is 0. The van der Waals surface area contributed by atoms with Crippen LogP contribution in [0.3, 0.4) is 0 Å². The minimum atomic E-state index is -0.711. The van der Waals surface area contributed by atoms with E-state index in [9.17, 15) is 14.7 Å². The van der Waals surface area contributed by atoms with Gasteiger partial charge in [0.1, 0.15) is 5.75 Å². The molecule has 9 nitrogen and oxygen atoms in total. The molecule has 1 amide bonds. The summed E-state index contributed by atoms with van der Waals surface area (Å²) in [4.78, 5) is 23.1. The topological polar surface area (TPSA) is 115 Å². The second-order valence-electron chi connectivity index (χ2n) is 8.32. The average molecular weight is 487 g/mol. The van der Waals surface area contributed by atoms with E-state index in [0.717, 1.165) is 6.42 Å². The van der Waals surface area contributed by atoms with Crippen molar-refractivity contribution < 1.29 is 33.6 Å². The van der Waals surface area contributed by atoms with Gasteiger partial charge in [0.05, 0.1) is 32.0 Å². The van der Waals surface area contributed by atoms with Crippen LogP contribution in [0.15, 0.2) is 54.6 Å². The molecule has 9 heteroatoms. The molecule has 3 rings (SSSR count). The molecule has 35 heavy (non-hydrogen) atoms. The van der Waals surface area contributed by atoms with E-state index in [1.54, 1.807) is 24.3 Å². The maximum absolute atomic E-state index is 11.9. The number of amides is 1. The van der Waals surface area contributed by atoms with Crippen LogP contribution in [0.1, 0.15) is 22.8 Å². The Kier molecular flexibility index (Phi) is 11.1. The van der Waals surface area contributed by atoms with E-state index in [1.807, 2.05) is 18.2 Å². The summed E-state index contributed by atoms with van der Waals surface area (Å²) in [6, 6.07) is 16.7. The Balaban J connectivity index is 1.18. The van der Waals surface area contributed by atoms with Gasteiger partial charge in [-0.15, -0.1) is 0 Å². The molecule has 3 unspecified atom stereocenters. The van der Waals surface area contributed by atoms with Gasteiger partial charge in [-0.3, -0.25) is 9.59 Å². The molecule has 3 N–H and O–H groups in total. The number of Topliss-reactive ketones (excluding diaryl/α,β-unsaturated/α-hetero) is 1. The zero-order valence-electron chi connectivity index (χ0n) is 20.0. The molecule has 0 radical (unpaired) electrons. The number of hydrogen-bond donors (Lipinski definition) is 3. The molecule has 0 bridgehead atoms. The van der Waals surface area contributed by atoms with Gasteiger partial charge in [0.15, 0.2) is 18.7 Å². The number of carbonyl (C=O) groups excluding carboxylic acids is 2. The molecule has 1 aliphatic heterocycles. The highest BCUT2D eigenvalue weighted by molar-refractivity contribution is 5.94. The number of aliphatic hydroxyl groups excluding tert-OH is 1. The number of rotatable bonds is 14. The Morgan fingerprint density at radius 1 is 1.06 bits per heavy atom. The van der Waals surface area contributed by atoms with Gasteiger partial charge >= 0.3 is 0 Å². The van der Waals surface area contributed by atoms with Crippen LogP contribution in [-0.4, -0.2) is 81.4 Å². The SMILES string of the molecule is CC(=O)c1ccc(OCC(=O)NCCNCC(O)COC2COC(Cc3ccccc3)CO2)cc1. The molecule has 1 saturated heterocycles. The summed E-state index contributed by atoms with van der Waals surface area (Å²) in [6.45, 7) is 3.46. The number of ether oxygens (including phenoxy) is 4. The van der Waals surface area contributed by atoms with E-state index >= 15 is 0 Å². The van der Waals surface area contributed by atoms with Crippen LogP contribution in [-0.2, 0) is 25.4 Å². The normalized spacial score (nSPS) is 18.6. The maximum Gasteiger partial charge on any atom is 0.257 e. The number of carbonyl (C=O) groups is 2. The zero-order chi connectivity index (χ0) is 24.9. The average Bonchev–Trinajstić information content (AvgIpc) is 2.87. The second kappa shape index (κ2) is 14.6. The first-order valence-corrected chi connectivity index (χ1v) is 11.8. The zero-order valence-corrected chi connectivity index (χ0v) is 20.0. The molecular weight excluding hydrogens is 452 g/mol. The van der Waals surface area contributed by atoms with Crippen LogP contribution in [0.25, 0.3) is 0 Å². The number of aliphatic hydroxyl groups is 1. The molecule has 0 aromatic heterocycles. The fraction of sp³-hybridized carbons (Fsp3) is 0.462. The van der Waals surface area contributed by atoms with E-state index in [0.29, 0.717) is 44.2 Å². The molecule has 0 saturated carbocycles. The quantitative estimate of drug-likeness (QED) is 0.271. The lowest BCUT2D eigenvalue weighted by atomic mass is 10.1. The fourth-order valence-corrected chi connectivity index (χ4v) is 3.44. The Labute approximate surface area is 205 Å². The van der Waals surface area contributed by atoms with E-state index < -0.39 is 12.4 Å². The molecular formula is C26H34N2O7. The van der Waals surface area contributed by atoms with Crippen molar-refractivity contribution in [2.24, 2.45) is 0 Å². The van der Waals surface area contributed by atoms with Gasteiger partial charge in [-0.2, -0.15) is 0 Å². The van der Waals surface area contributed by atoms with Gasteiger partial charge in [0, 0.05) is 31.6 Å². The monoisotopic (exact) mass is 486 g/mol. The van der Waals surface area contributed by atoms with Crippen LogP contribution in [0.5, 0.6) is 5.75 Å². The molecule has 0 spiro atoms. The van der Waals surface area contributed by atoms with Gasteiger partial charge in [-0.05, 0) is 36.8 Å². The van der Waals surface area contributed by atoms with Gasteiger partial charge in [-0.1, -0.05) is 30.3 Å². The second-order valence-corrected chi connectivity index (χ2v) is 8.32. The first-order valence-electron chi connectivity index (χ1n) is 11.8. The molecule has 0 aliphatic carbocycles. The van der Waals surface area contributed by atoms with Crippen molar-refractivity contribution in [3.63, 3.8) is 0 Å². The summed E-state index contributed by atoms with van der Waals surface area (Å²) in [5, 5.41) is 15.9. The van der Waals surface area contributed by atoms with Crippen molar-refractivity contribution >= 4 is 11.7 Å². The molecule has 1 aliphatic rings. The van der Waals surface area contributed by atoms with Crippen molar-refractivity contribution in [2.45, 2.75) is 31.8 Å². The van der Waals surface area contributed by atoms with Crippen molar-refractivity contribution in [2.75, 3.05) is 46.1 Å². The predicted molar refractivity (Wildman–Crippen MR) is 129 cm³/mol. The summed E-state index contributed by atoms with van der Waals surface area (Å²) in [5.41, 5.74) is 1.79. The van der Waals surface area contributed by atoms with E-state index in [4.69, 9.17) is 18.9 Å². The highest BCUT2D eigenvalue weighted by atomic mass is 16.7. The molecule has 2 aromatic carbocycles. The van der Waals surface area contributed by atoms with Crippen molar-refractivity contribution in [1.82, 2.24) is 10.6 Å². The predicted octanol–water partition coefficient (Wildman–Crippen LogP) is 1.34. The van der Waals surface area contributed by atoms with Gasteiger partial charge < -0.3 is 34.7 Å². The Morgan fingerprint density at radius 2 is 1.83 bits per heavy atom. The lowest BCUT2D eigenvalue weighted by molar-refractivity contribution is -0.239. The third kappa shape index (κ3) is 10.1. The fourth-order valence-electron chi connectivity index (χ4n) is 3.44. The van der Waals surface area contributed by atoms with Crippen LogP contribution in [0.4, 0.5) is 0 Å². The standard InChI is InChI=1S/C26H34N2O7/c1-19(29)21-7-9-23(10-8-21)32-17-25(31)28-12-11-27-14-22(30)15-34-26-18-33-24(16-35-26)13-20-5-3-2-4-6-20/h2-10,22,24,26-27,30H,11-18H2,1H3,(H,28,31). The Bertz CT molecular complexity index is 900. The summed E-state index contributed by atoms with van der Waals surface area (Å²) < 4.78 is 22.5. The van der Waals surface area contributed by atoms with Gasteiger partial charge in [-0.25, -0.2) is 0 Å². The Hall–Kier alpha value is -2.82. The molecule has 190 valence electrons. The molecule has 1 heterocycles. The first-order chi connectivity index (χ1) is 17.0. The summed E-state index contributed by atoms with van der Waals surface area (Å²) >= 11 is 0. The minimum Gasteiger partial charge on any atom is -0.484 e. The van der Waals surface area contributed by atoms with E-state index in [1.165, 1.54) is 12.5 Å². The third-order valence-corrected chi connectivity index (χ3v) is 5.35. The summed E-state index contributed by atoms with van der Waals surface area (Å²) in [5.74, 6) is 0.235. The lowest BCUT2D eigenvalue weighted by Crippen LogP contribution is -2.41. The minimum absolute atomic E-state index is 0.00303. The molecule has 1 fully saturated rings. The van der Waals surface area contributed by atoms with Crippen molar-refractivity contribution in [3.05, 3.63) is 65.7 Å². The maximum atomic E-state index is 11.9. The van der Waals surface area contributed by atoms with Gasteiger partial charge in [0.25, 0.3) is 5.91 Å². The molecule has 3 atom stereocenters. The van der Waals surface area contributed by atoms with Crippen molar-refractivity contribution in [3.8, 4) is 5.75 Å². The van der Waals surface area contributed by atoms with Crippen LogP contribution < -0.4 is 15.4 Å². The third-order valence-electron chi connectivity index (χ3n) is 5.35. The Morgan fingerprint density at radius 3 is 2.51 bits per heavy atom. The smallest absolute Gasteiger partial charge is 0.257 e. The van der Waals surface area contributed by atoms with E-state index in [-0.39, 0.29) is 31.0 Å². The lowest BCUT2D eigenvalue weighted by Gasteiger charge is -2.30. The van der Waals surface area contributed by atoms with Crippen LogP contribution in [0.2, 0.25) is 0 Å². The molecule has 2 aromatic rings. The number of nitrogens with one attached hydrogen (secondary N) is 2. The van der Waals surface area contributed by atoms with Crippen LogP contribution in [0, 0.1) is 0 Å². The van der Waals surface area contributed by atoms with Crippen molar-refractivity contribution in [1.29, 1.82) is 0 Å².